The first-order valence-corrected chi connectivity index (χ1v) is 5.49. The Morgan fingerprint density at radius 2 is 1.93 bits per heavy atom. The molecular formula is C11H16O3. The SMILES string of the molecule is COC12CC3CC(CC(C3)C(=O)O1)C2. The molecule has 3 nitrogen and oxygen atoms in total. The Labute approximate surface area is 83.8 Å². The summed E-state index contributed by atoms with van der Waals surface area (Å²) in [6.45, 7) is 0. The fraction of sp³-hybridized carbons (Fsp3) is 0.909. The van der Waals surface area contributed by atoms with E-state index in [0.717, 1.165) is 25.7 Å². The molecule has 2 saturated carbocycles. The number of esters is 1. The number of carbonyl (C=O) groups excluding carboxylic acids is 1. The smallest absolute Gasteiger partial charge is 0.311 e. The van der Waals surface area contributed by atoms with E-state index in [2.05, 4.69) is 0 Å². The van der Waals surface area contributed by atoms with Crippen molar-refractivity contribution in [3.05, 3.63) is 0 Å². The molecular weight excluding hydrogens is 180 g/mol. The molecule has 2 heterocycles. The van der Waals surface area contributed by atoms with Crippen LogP contribution in [0.2, 0.25) is 0 Å². The van der Waals surface area contributed by atoms with Crippen LogP contribution in [0.4, 0.5) is 0 Å². The topological polar surface area (TPSA) is 35.5 Å². The fourth-order valence-electron chi connectivity index (χ4n) is 3.61. The summed E-state index contributed by atoms with van der Waals surface area (Å²) in [5, 5.41) is 0. The average Bonchev–Trinajstić information content (AvgIpc) is 2.29. The summed E-state index contributed by atoms with van der Waals surface area (Å²) < 4.78 is 11.0. The third kappa shape index (κ3) is 1.11. The zero-order valence-corrected chi connectivity index (χ0v) is 8.49. The van der Waals surface area contributed by atoms with E-state index < -0.39 is 5.79 Å². The van der Waals surface area contributed by atoms with Crippen LogP contribution in [0.3, 0.4) is 0 Å². The second-order valence-corrected chi connectivity index (χ2v) is 5.08. The molecule has 78 valence electrons. The molecule has 2 aliphatic carbocycles. The molecule has 0 aromatic carbocycles. The summed E-state index contributed by atoms with van der Waals surface area (Å²) in [6.07, 6.45) is 5.17. The Kier molecular flexibility index (Phi) is 1.69. The molecule has 4 aliphatic rings. The molecule has 14 heavy (non-hydrogen) atoms. The number of fused-ring (bicyclic) bond motifs is 1. The van der Waals surface area contributed by atoms with Gasteiger partial charge in [0.2, 0.25) is 5.79 Å². The van der Waals surface area contributed by atoms with Gasteiger partial charge in [-0.25, -0.2) is 0 Å². The second-order valence-electron chi connectivity index (χ2n) is 5.08. The van der Waals surface area contributed by atoms with E-state index in [0.29, 0.717) is 11.8 Å². The maximum atomic E-state index is 11.7. The molecule has 0 radical (unpaired) electrons. The second kappa shape index (κ2) is 2.72. The van der Waals surface area contributed by atoms with Gasteiger partial charge in [0.05, 0.1) is 5.92 Å². The number of rotatable bonds is 1. The molecule has 2 atom stereocenters. The van der Waals surface area contributed by atoms with Gasteiger partial charge in [0.1, 0.15) is 0 Å². The zero-order valence-electron chi connectivity index (χ0n) is 8.49. The zero-order chi connectivity index (χ0) is 9.76. The maximum absolute atomic E-state index is 11.7. The maximum Gasteiger partial charge on any atom is 0.311 e. The third-order valence-electron chi connectivity index (χ3n) is 4.09. The van der Waals surface area contributed by atoms with Crippen molar-refractivity contribution in [2.24, 2.45) is 17.8 Å². The Morgan fingerprint density at radius 1 is 1.29 bits per heavy atom. The first-order chi connectivity index (χ1) is 6.71. The lowest BCUT2D eigenvalue weighted by Gasteiger charge is -2.41. The largest absolute Gasteiger partial charge is 0.433 e. The summed E-state index contributed by atoms with van der Waals surface area (Å²) in [5.41, 5.74) is 0. The molecule has 2 unspecified atom stereocenters. The van der Waals surface area contributed by atoms with Gasteiger partial charge in [0, 0.05) is 20.0 Å². The lowest BCUT2D eigenvalue weighted by Crippen LogP contribution is -2.42. The summed E-state index contributed by atoms with van der Waals surface area (Å²) in [4.78, 5) is 11.7. The molecule has 3 heteroatoms. The van der Waals surface area contributed by atoms with Crippen molar-refractivity contribution >= 4 is 5.97 Å². The van der Waals surface area contributed by atoms with Crippen LogP contribution in [0.1, 0.15) is 32.1 Å². The molecule has 0 aromatic rings. The minimum Gasteiger partial charge on any atom is -0.433 e. The Hall–Kier alpha value is -0.570. The summed E-state index contributed by atoms with van der Waals surface area (Å²) in [6, 6.07) is 0. The fourth-order valence-corrected chi connectivity index (χ4v) is 3.61. The highest BCUT2D eigenvalue weighted by atomic mass is 16.7. The lowest BCUT2D eigenvalue weighted by atomic mass is 9.67. The molecule has 2 saturated heterocycles. The van der Waals surface area contributed by atoms with Crippen LogP contribution in [-0.4, -0.2) is 18.9 Å². The van der Waals surface area contributed by atoms with E-state index in [9.17, 15) is 4.79 Å². The average molecular weight is 196 g/mol. The molecule has 2 aliphatic heterocycles. The van der Waals surface area contributed by atoms with Gasteiger partial charge in [-0.3, -0.25) is 4.79 Å². The van der Waals surface area contributed by atoms with Crippen LogP contribution in [0.5, 0.6) is 0 Å². The molecule has 4 bridgehead atoms. The van der Waals surface area contributed by atoms with E-state index in [4.69, 9.17) is 9.47 Å². The van der Waals surface area contributed by atoms with Crippen molar-refractivity contribution in [2.45, 2.75) is 37.9 Å². The van der Waals surface area contributed by atoms with Gasteiger partial charge >= 0.3 is 5.97 Å². The standard InChI is InChI=1S/C11H16O3/c1-13-11-5-7-2-8(6-11)4-9(3-7)10(12)14-11/h7-9H,2-6H2,1H3. The number of ether oxygens (including phenoxy) is 2. The van der Waals surface area contributed by atoms with Crippen LogP contribution in [0, 0.1) is 17.8 Å². The highest BCUT2D eigenvalue weighted by Gasteiger charge is 2.52. The number of methoxy groups -OCH3 is 1. The van der Waals surface area contributed by atoms with Crippen LogP contribution in [-0.2, 0) is 14.3 Å². The van der Waals surface area contributed by atoms with Crippen LogP contribution >= 0.6 is 0 Å². The lowest BCUT2D eigenvalue weighted by molar-refractivity contribution is -0.235. The van der Waals surface area contributed by atoms with E-state index in [1.54, 1.807) is 7.11 Å². The van der Waals surface area contributed by atoms with Crippen LogP contribution < -0.4 is 0 Å². The molecule has 0 spiro atoms. The number of hydrogen-bond donors (Lipinski definition) is 0. The van der Waals surface area contributed by atoms with Crippen molar-refractivity contribution in [2.75, 3.05) is 7.11 Å². The Bertz CT molecular complexity index is 260. The van der Waals surface area contributed by atoms with Gasteiger partial charge in [-0.15, -0.1) is 0 Å². The Morgan fingerprint density at radius 3 is 2.50 bits per heavy atom. The van der Waals surface area contributed by atoms with Gasteiger partial charge in [-0.1, -0.05) is 0 Å². The summed E-state index contributed by atoms with van der Waals surface area (Å²) >= 11 is 0. The highest BCUT2D eigenvalue weighted by molar-refractivity contribution is 5.73. The minimum absolute atomic E-state index is 0.0171. The number of hydrogen-bond acceptors (Lipinski definition) is 3. The van der Waals surface area contributed by atoms with Crippen molar-refractivity contribution in [3.63, 3.8) is 0 Å². The molecule has 4 fully saturated rings. The molecule has 0 N–H and O–H groups in total. The first kappa shape index (κ1) is 8.72. The summed E-state index contributed by atoms with van der Waals surface area (Å²) in [5.74, 6) is 0.892. The molecule has 0 aromatic heterocycles. The third-order valence-corrected chi connectivity index (χ3v) is 4.09. The van der Waals surface area contributed by atoms with Gasteiger partial charge in [-0.05, 0) is 31.1 Å². The summed E-state index contributed by atoms with van der Waals surface area (Å²) in [7, 11) is 1.67. The van der Waals surface area contributed by atoms with Gasteiger partial charge in [0.25, 0.3) is 0 Å². The molecule has 0 amide bonds. The van der Waals surface area contributed by atoms with E-state index in [-0.39, 0.29) is 11.9 Å². The first-order valence-electron chi connectivity index (χ1n) is 5.49. The highest BCUT2D eigenvalue weighted by Crippen LogP contribution is 2.51. The van der Waals surface area contributed by atoms with Crippen LogP contribution in [0.15, 0.2) is 0 Å². The predicted molar refractivity (Wildman–Crippen MR) is 49.4 cm³/mol. The molecule has 4 rings (SSSR count). The van der Waals surface area contributed by atoms with Crippen molar-refractivity contribution < 1.29 is 14.3 Å². The van der Waals surface area contributed by atoms with Crippen molar-refractivity contribution in [1.82, 2.24) is 0 Å². The monoisotopic (exact) mass is 196 g/mol. The van der Waals surface area contributed by atoms with Crippen molar-refractivity contribution in [3.8, 4) is 0 Å². The minimum atomic E-state index is -0.560. The van der Waals surface area contributed by atoms with Gasteiger partial charge < -0.3 is 9.47 Å². The van der Waals surface area contributed by atoms with Crippen LogP contribution in [0.25, 0.3) is 0 Å². The quantitative estimate of drug-likeness (QED) is 0.599. The van der Waals surface area contributed by atoms with E-state index in [1.807, 2.05) is 0 Å². The predicted octanol–water partition coefficient (Wildman–Crippen LogP) is 1.71. The number of carbonyl (C=O) groups is 1. The van der Waals surface area contributed by atoms with Crippen molar-refractivity contribution in [1.29, 1.82) is 0 Å². The normalized spacial score (nSPS) is 50.4. The van der Waals surface area contributed by atoms with E-state index >= 15 is 0 Å². The van der Waals surface area contributed by atoms with Gasteiger partial charge in [0.15, 0.2) is 0 Å². The van der Waals surface area contributed by atoms with Gasteiger partial charge in [-0.2, -0.15) is 0 Å². The Balaban J connectivity index is 1.99. The van der Waals surface area contributed by atoms with E-state index in [1.165, 1.54) is 6.42 Å².